The van der Waals surface area contributed by atoms with Crippen LogP contribution < -0.4 is 5.32 Å². The number of rotatable bonds is 4. The van der Waals surface area contributed by atoms with E-state index < -0.39 is 0 Å². The fraction of sp³-hybridized carbons (Fsp3) is 0.750. The topological polar surface area (TPSA) is 24.9 Å². The highest BCUT2D eigenvalue weighted by molar-refractivity contribution is 7.11. The van der Waals surface area contributed by atoms with Gasteiger partial charge in [-0.3, -0.25) is 0 Å². The number of hydrogen-bond acceptors (Lipinski definition) is 3. The minimum Gasteiger partial charge on any atom is -0.308 e. The van der Waals surface area contributed by atoms with Gasteiger partial charge in [0.25, 0.3) is 0 Å². The normalized spacial score (nSPS) is 20.3. The third-order valence-electron chi connectivity index (χ3n) is 3.69. The molecule has 1 aromatic heterocycles. The largest absolute Gasteiger partial charge is 0.308 e. The van der Waals surface area contributed by atoms with E-state index in [0.29, 0.717) is 0 Å². The first-order chi connectivity index (χ1) is 7.14. The molecule has 1 heterocycles. The van der Waals surface area contributed by atoms with Crippen molar-refractivity contribution in [1.29, 1.82) is 0 Å². The molecule has 2 nitrogen and oxygen atoms in total. The number of aryl methyl sites for hydroxylation is 2. The van der Waals surface area contributed by atoms with Gasteiger partial charge in [0, 0.05) is 4.88 Å². The van der Waals surface area contributed by atoms with Crippen LogP contribution in [0.5, 0.6) is 0 Å². The maximum Gasteiger partial charge on any atom is 0.113 e. The SMILES string of the molecule is CCC(NC)(c1nc(C)c(C)s1)C1CC1. The predicted molar refractivity (Wildman–Crippen MR) is 65.3 cm³/mol. The summed E-state index contributed by atoms with van der Waals surface area (Å²) < 4.78 is 0. The number of hydrogen-bond donors (Lipinski definition) is 1. The van der Waals surface area contributed by atoms with Gasteiger partial charge in [-0.1, -0.05) is 6.92 Å². The van der Waals surface area contributed by atoms with E-state index in [4.69, 9.17) is 4.98 Å². The minimum absolute atomic E-state index is 0.156. The van der Waals surface area contributed by atoms with Crippen LogP contribution in [0.15, 0.2) is 0 Å². The summed E-state index contributed by atoms with van der Waals surface area (Å²) in [5.74, 6) is 0.803. The lowest BCUT2D eigenvalue weighted by Crippen LogP contribution is -2.41. The van der Waals surface area contributed by atoms with Gasteiger partial charge in [0.2, 0.25) is 0 Å². The summed E-state index contributed by atoms with van der Waals surface area (Å²) in [4.78, 5) is 6.10. The van der Waals surface area contributed by atoms with Gasteiger partial charge in [-0.15, -0.1) is 11.3 Å². The molecule has 1 aliphatic carbocycles. The van der Waals surface area contributed by atoms with E-state index in [1.807, 2.05) is 11.3 Å². The monoisotopic (exact) mass is 224 g/mol. The first-order valence-electron chi connectivity index (χ1n) is 5.77. The highest BCUT2D eigenvalue weighted by Crippen LogP contribution is 2.48. The Balaban J connectivity index is 2.39. The standard InChI is InChI=1S/C12H20N2S/c1-5-12(13-4,10-6-7-10)11-14-8(2)9(3)15-11/h10,13H,5-7H2,1-4H3. The molecule has 0 bridgehead atoms. The molecule has 1 atom stereocenters. The van der Waals surface area contributed by atoms with Gasteiger partial charge in [0.05, 0.1) is 11.2 Å². The highest BCUT2D eigenvalue weighted by Gasteiger charge is 2.46. The summed E-state index contributed by atoms with van der Waals surface area (Å²) >= 11 is 1.87. The Kier molecular flexibility index (Phi) is 2.86. The number of nitrogens with one attached hydrogen (secondary N) is 1. The molecule has 0 radical (unpaired) electrons. The molecule has 0 spiro atoms. The van der Waals surface area contributed by atoms with Gasteiger partial charge in [-0.05, 0) is 46.1 Å². The van der Waals surface area contributed by atoms with Crippen molar-refractivity contribution in [2.45, 2.75) is 45.6 Å². The summed E-state index contributed by atoms with van der Waals surface area (Å²) in [5, 5.41) is 4.83. The quantitative estimate of drug-likeness (QED) is 0.850. The number of aromatic nitrogens is 1. The van der Waals surface area contributed by atoms with Crippen molar-refractivity contribution in [3.05, 3.63) is 15.6 Å². The molecule has 1 unspecified atom stereocenters. The fourth-order valence-corrected chi connectivity index (χ4v) is 3.60. The van der Waals surface area contributed by atoms with Crippen LogP contribution in [0.25, 0.3) is 0 Å². The van der Waals surface area contributed by atoms with Crippen molar-refractivity contribution >= 4 is 11.3 Å². The second-order valence-corrected chi connectivity index (χ2v) is 5.71. The van der Waals surface area contributed by atoms with E-state index in [1.165, 1.54) is 28.4 Å². The van der Waals surface area contributed by atoms with Gasteiger partial charge in [-0.25, -0.2) is 4.98 Å². The predicted octanol–water partition coefficient (Wildman–Crippen LogP) is 2.99. The van der Waals surface area contributed by atoms with Crippen LogP contribution in [0, 0.1) is 19.8 Å². The van der Waals surface area contributed by atoms with Crippen LogP contribution >= 0.6 is 11.3 Å². The van der Waals surface area contributed by atoms with E-state index in [-0.39, 0.29) is 5.54 Å². The van der Waals surface area contributed by atoms with E-state index in [9.17, 15) is 0 Å². The third kappa shape index (κ3) is 1.72. The molecule has 3 heteroatoms. The number of nitrogens with zero attached hydrogens (tertiary/aromatic N) is 1. The minimum atomic E-state index is 0.156. The van der Waals surface area contributed by atoms with E-state index >= 15 is 0 Å². The molecule has 0 amide bonds. The van der Waals surface area contributed by atoms with Gasteiger partial charge in [0.15, 0.2) is 0 Å². The zero-order valence-electron chi connectivity index (χ0n) is 10.1. The second kappa shape index (κ2) is 3.87. The van der Waals surface area contributed by atoms with Crippen molar-refractivity contribution in [1.82, 2.24) is 10.3 Å². The lowest BCUT2D eigenvalue weighted by molar-refractivity contribution is 0.297. The second-order valence-electron chi connectivity index (χ2n) is 4.51. The van der Waals surface area contributed by atoms with Gasteiger partial charge in [-0.2, -0.15) is 0 Å². The van der Waals surface area contributed by atoms with Gasteiger partial charge in [0.1, 0.15) is 5.01 Å². The molecular weight excluding hydrogens is 204 g/mol. The van der Waals surface area contributed by atoms with E-state index in [0.717, 1.165) is 12.3 Å². The van der Waals surface area contributed by atoms with Crippen LogP contribution in [0.1, 0.15) is 41.8 Å². The van der Waals surface area contributed by atoms with Crippen LogP contribution in [0.3, 0.4) is 0 Å². The molecule has 0 aromatic carbocycles. The van der Waals surface area contributed by atoms with Crippen molar-refractivity contribution in [3.63, 3.8) is 0 Å². The lowest BCUT2D eigenvalue weighted by atomic mass is 9.91. The Bertz CT molecular complexity index is 329. The Morgan fingerprint density at radius 1 is 1.47 bits per heavy atom. The molecule has 15 heavy (non-hydrogen) atoms. The van der Waals surface area contributed by atoms with Crippen molar-refractivity contribution in [3.8, 4) is 0 Å². The molecular formula is C12H20N2S. The summed E-state index contributed by atoms with van der Waals surface area (Å²) in [7, 11) is 2.08. The van der Waals surface area contributed by atoms with Crippen molar-refractivity contribution in [2.75, 3.05) is 7.05 Å². The molecule has 2 rings (SSSR count). The fourth-order valence-electron chi connectivity index (χ4n) is 2.34. The molecule has 1 aliphatic rings. The molecule has 84 valence electrons. The van der Waals surface area contributed by atoms with Crippen LogP contribution in [0.2, 0.25) is 0 Å². The molecule has 1 aromatic rings. The van der Waals surface area contributed by atoms with Crippen LogP contribution in [-0.4, -0.2) is 12.0 Å². The Hall–Kier alpha value is -0.410. The van der Waals surface area contributed by atoms with Crippen LogP contribution in [-0.2, 0) is 5.54 Å². The first kappa shape index (κ1) is 11.1. The van der Waals surface area contributed by atoms with Crippen LogP contribution in [0.4, 0.5) is 0 Å². The molecule has 0 saturated heterocycles. The average Bonchev–Trinajstić information content (AvgIpc) is 3.00. The van der Waals surface area contributed by atoms with Gasteiger partial charge >= 0.3 is 0 Å². The average molecular weight is 224 g/mol. The summed E-state index contributed by atoms with van der Waals surface area (Å²) in [6.07, 6.45) is 3.85. The molecule has 1 N–H and O–H groups in total. The Labute approximate surface area is 96.1 Å². The van der Waals surface area contributed by atoms with E-state index in [1.54, 1.807) is 0 Å². The Morgan fingerprint density at radius 3 is 2.47 bits per heavy atom. The lowest BCUT2D eigenvalue weighted by Gasteiger charge is -2.30. The molecule has 1 saturated carbocycles. The summed E-state index contributed by atoms with van der Waals surface area (Å²) in [6.45, 7) is 6.54. The summed E-state index contributed by atoms with van der Waals surface area (Å²) in [6, 6.07) is 0. The molecule has 0 aliphatic heterocycles. The zero-order chi connectivity index (χ0) is 11.1. The van der Waals surface area contributed by atoms with Gasteiger partial charge < -0.3 is 5.32 Å². The Morgan fingerprint density at radius 2 is 2.13 bits per heavy atom. The maximum atomic E-state index is 4.74. The van der Waals surface area contributed by atoms with Crippen molar-refractivity contribution < 1.29 is 0 Å². The highest BCUT2D eigenvalue weighted by atomic mass is 32.1. The maximum absolute atomic E-state index is 4.74. The van der Waals surface area contributed by atoms with Crippen molar-refractivity contribution in [2.24, 2.45) is 5.92 Å². The molecule has 1 fully saturated rings. The number of thiazole rings is 1. The van der Waals surface area contributed by atoms with E-state index in [2.05, 4.69) is 33.1 Å². The summed E-state index contributed by atoms with van der Waals surface area (Å²) in [5.41, 5.74) is 1.35. The first-order valence-corrected chi connectivity index (χ1v) is 6.59. The smallest absolute Gasteiger partial charge is 0.113 e. The zero-order valence-corrected chi connectivity index (χ0v) is 10.9. The third-order valence-corrected chi connectivity index (χ3v) is 4.94.